The molecule has 3 N–H and O–H groups in total. The van der Waals surface area contributed by atoms with E-state index in [0.717, 1.165) is 45.8 Å². The molecule has 2 aromatic carbocycles. The number of H-pyrrole nitrogens is 1. The third-order valence-corrected chi connectivity index (χ3v) is 6.72. The summed E-state index contributed by atoms with van der Waals surface area (Å²) in [6.45, 7) is 3.51. The summed E-state index contributed by atoms with van der Waals surface area (Å²) in [6.07, 6.45) is 5.10. The first kappa shape index (κ1) is 26.9. The molecule has 0 bridgehead atoms. The van der Waals surface area contributed by atoms with Crippen molar-refractivity contribution in [1.29, 1.82) is 0 Å². The summed E-state index contributed by atoms with van der Waals surface area (Å²) < 4.78 is 5.36. The lowest BCUT2D eigenvalue weighted by Gasteiger charge is -2.19. The van der Waals surface area contributed by atoms with Gasteiger partial charge in [-0.05, 0) is 61.9 Å². The highest BCUT2D eigenvalue weighted by atomic mass is 16.5. The van der Waals surface area contributed by atoms with Gasteiger partial charge in [0.05, 0.1) is 13.5 Å². The number of carbonyl (C=O) groups is 3. The van der Waals surface area contributed by atoms with E-state index in [4.69, 9.17) is 4.74 Å². The summed E-state index contributed by atoms with van der Waals surface area (Å²) in [5.41, 5.74) is 2.69. The van der Waals surface area contributed by atoms with Crippen LogP contribution in [0, 0.1) is 6.92 Å². The first-order chi connectivity index (χ1) is 18.3. The van der Waals surface area contributed by atoms with Crippen molar-refractivity contribution in [2.24, 2.45) is 0 Å². The van der Waals surface area contributed by atoms with Gasteiger partial charge in [-0.25, -0.2) is 4.98 Å². The lowest BCUT2D eigenvalue weighted by molar-refractivity contribution is -0.126. The van der Waals surface area contributed by atoms with Crippen molar-refractivity contribution in [3.05, 3.63) is 66.0 Å². The highest BCUT2D eigenvalue weighted by molar-refractivity contribution is 5.99. The number of hydrogen-bond donors (Lipinski definition) is 3. The summed E-state index contributed by atoms with van der Waals surface area (Å²) in [5.74, 6) is 0.742. The van der Waals surface area contributed by atoms with Gasteiger partial charge in [0.15, 0.2) is 0 Å². The van der Waals surface area contributed by atoms with Crippen LogP contribution in [0.5, 0.6) is 5.75 Å². The van der Waals surface area contributed by atoms with Crippen LogP contribution in [0.3, 0.4) is 0 Å². The number of carbonyl (C=O) groups excluding carboxylic acids is 3. The molecule has 2 aromatic heterocycles. The van der Waals surface area contributed by atoms with Gasteiger partial charge in [-0.1, -0.05) is 37.1 Å². The molecule has 38 heavy (non-hydrogen) atoms. The van der Waals surface area contributed by atoms with E-state index in [1.54, 1.807) is 20.2 Å². The molecular weight excluding hydrogens is 480 g/mol. The lowest BCUT2D eigenvalue weighted by Crippen LogP contribution is -2.44. The normalized spacial score (nSPS) is 11.9. The van der Waals surface area contributed by atoms with Gasteiger partial charge >= 0.3 is 0 Å². The fourth-order valence-corrected chi connectivity index (χ4v) is 4.66. The monoisotopic (exact) mass is 514 g/mol. The molecule has 0 fully saturated rings. The number of methoxy groups -OCH3 is 1. The zero-order chi connectivity index (χ0) is 27.1. The Morgan fingerprint density at radius 3 is 2.58 bits per heavy atom. The number of Topliss-reactive ketones (excluding diaryl/α,β-unsaturated/α-hetero) is 1. The van der Waals surface area contributed by atoms with Crippen LogP contribution in [0.15, 0.2) is 54.7 Å². The average molecular weight is 515 g/mol. The Hall–Kier alpha value is -4.20. The zero-order valence-electron chi connectivity index (χ0n) is 22.1. The fraction of sp³-hybridized carbons (Fsp3) is 0.333. The molecule has 1 atom stereocenters. The van der Waals surface area contributed by atoms with Crippen molar-refractivity contribution < 1.29 is 19.1 Å². The molecule has 0 saturated heterocycles. The maximum Gasteiger partial charge on any atom is 0.248 e. The van der Waals surface area contributed by atoms with E-state index in [0.29, 0.717) is 30.8 Å². The molecule has 2 heterocycles. The molecule has 4 rings (SSSR count). The topological polar surface area (TPSA) is 113 Å². The number of pyridine rings is 1. The van der Waals surface area contributed by atoms with Gasteiger partial charge in [-0.15, -0.1) is 0 Å². The van der Waals surface area contributed by atoms with E-state index in [1.807, 2.05) is 55.5 Å². The molecule has 0 radical (unpaired) electrons. The third kappa shape index (κ3) is 6.76. The zero-order valence-corrected chi connectivity index (χ0v) is 22.1. The fourth-order valence-electron chi connectivity index (χ4n) is 4.66. The first-order valence-electron chi connectivity index (χ1n) is 12.9. The molecule has 4 aromatic rings. The van der Waals surface area contributed by atoms with Crippen molar-refractivity contribution in [1.82, 2.24) is 15.3 Å². The number of fused-ring (bicyclic) bond motifs is 2. The van der Waals surface area contributed by atoms with Crippen molar-refractivity contribution in [2.45, 2.75) is 58.4 Å². The average Bonchev–Trinajstić information content (AvgIpc) is 3.21. The largest absolute Gasteiger partial charge is 0.497 e. The van der Waals surface area contributed by atoms with Gasteiger partial charge in [-0.2, -0.15) is 0 Å². The molecular formula is C30H34N4O4. The van der Waals surface area contributed by atoms with Gasteiger partial charge in [0, 0.05) is 34.6 Å². The Morgan fingerprint density at radius 1 is 1.03 bits per heavy atom. The maximum atomic E-state index is 13.3. The molecule has 0 aliphatic carbocycles. The van der Waals surface area contributed by atoms with E-state index in [9.17, 15) is 14.4 Å². The number of ether oxygens (including phenoxy) is 1. The van der Waals surface area contributed by atoms with Crippen LogP contribution in [-0.2, 0) is 20.8 Å². The molecule has 1 unspecified atom stereocenters. The van der Waals surface area contributed by atoms with Gasteiger partial charge in [0.25, 0.3) is 0 Å². The van der Waals surface area contributed by atoms with Crippen LogP contribution in [0.4, 0.5) is 5.82 Å². The second kappa shape index (κ2) is 12.4. The second-order valence-corrected chi connectivity index (χ2v) is 9.64. The number of rotatable bonds is 12. The van der Waals surface area contributed by atoms with Crippen molar-refractivity contribution >= 4 is 45.1 Å². The van der Waals surface area contributed by atoms with E-state index < -0.39 is 6.04 Å². The Kier molecular flexibility index (Phi) is 8.73. The molecule has 2 amide bonds. The smallest absolute Gasteiger partial charge is 0.248 e. The number of hydrogen-bond acceptors (Lipinski definition) is 5. The number of anilines is 1. The first-order valence-corrected chi connectivity index (χ1v) is 12.9. The molecule has 198 valence electrons. The summed E-state index contributed by atoms with van der Waals surface area (Å²) in [5, 5.41) is 8.68. The van der Waals surface area contributed by atoms with Crippen LogP contribution in [-0.4, -0.2) is 40.7 Å². The highest BCUT2D eigenvalue weighted by Crippen LogP contribution is 2.27. The number of aromatic nitrogens is 2. The quantitative estimate of drug-likeness (QED) is 0.224. The summed E-state index contributed by atoms with van der Waals surface area (Å²) in [4.78, 5) is 45.4. The lowest BCUT2D eigenvalue weighted by atomic mass is 10.0. The Bertz CT molecular complexity index is 1460. The maximum absolute atomic E-state index is 13.3. The number of unbranched alkanes of at least 4 members (excludes halogenated alkanes) is 2. The van der Waals surface area contributed by atoms with Gasteiger partial charge in [0.1, 0.15) is 23.4 Å². The number of ketones is 1. The molecule has 0 aliphatic rings. The summed E-state index contributed by atoms with van der Waals surface area (Å²) in [6, 6.07) is 14.6. The van der Waals surface area contributed by atoms with Crippen LogP contribution in [0.1, 0.15) is 50.3 Å². The Morgan fingerprint density at radius 2 is 1.82 bits per heavy atom. The summed E-state index contributed by atoms with van der Waals surface area (Å²) in [7, 11) is 1.61. The number of aromatic amines is 1. The number of nitrogens with zero attached hydrogens (tertiary/aromatic N) is 1. The second-order valence-electron chi connectivity index (χ2n) is 9.64. The van der Waals surface area contributed by atoms with Crippen LogP contribution >= 0.6 is 0 Å². The number of nitrogens with one attached hydrogen (secondary N) is 3. The van der Waals surface area contributed by atoms with Crippen LogP contribution in [0.25, 0.3) is 21.7 Å². The van der Waals surface area contributed by atoms with Crippen molar-refractivity contribution in [3.63, 3.8) is 0 Å². The van der Waals surface area contributed by atoms with Crippen LogP contribution < -0.4 is 15.4 Å². The van der Waals surface area contributed by atoms with Gasteiger partial charge in [-0.3, -0.25) is 9.59 Å². The molecule has 0 spiro atoms. The van der Waals surface area contributed by atoms with E-state index >= 15 is 0 Å². The number of aryl methyl sites for hydroxylation is 1. The SMILES string of the molecule is COc1ccc2[nH]c(C)c(CC(=O)NC(CCCCCC(C)=O)C(=O)Nc3cc4ccccc4cn3)c2c1. The predicted molar refractivity (Wildman–Crippen MR) is 149 cm³/mol. The van der Waals surface area contributed by atoms with E-state index in [1.165, 1.54) is 0 Å². The third-order valence-electron chi connectivity index (χ3n) is 6.72. The highest BCUT2D eigenvalue weighted by Gasteiger charge is 2.22. The number of amides is 2. The number of benzene rings is 2. The molecule has 8 nitrogen and oxygen atoms in total. The van der Waals surface area contributed by atoms with Crippen molar-refractivity contribution in [2.75, 3.05) is 12.4 Å². The Balaban J connectivity index is 1.47. The predicted octanol–water partition coefficient (Wildman–Crippen LogP) is 5.24. The van der Waals surface area contributed by atoms with Crippen LogP contribution in [0.2, 0.25) is 0 Å². The Labute approximate surface area is 222 Å². The molecule has 8 heteroatoms. The molecule has 0 aliphatic heterocycles. The van der Waals surface area contributed by atoms with E-state index in [2.05, 4.69) is 20.6 Å². The van der Waals surface area contributed by atoms with Gasteiger partial charge in [0.2, 0.25) is 11.8 Å². The summed E-state index contributed by atoms with van der Waals surface area (Å²) >= 11 is 0. The van der Waals surface area contributed by atoms with E-state index in [-0.39, 0.29) is 24.0 Å². The minimum atomic E-state index is -0.729. The van der Waals surface area contributed by atoms with Gasteiger partial charge < -0.3 is 25.1 Å². The van der Waals surface area contributed by atoms with Crippen molar-refractivity contribution in [3.8, 4) is 5.75 Å². The standard InChI is InChI=1S/C30H34N4O4/c1-19(35)9-5-4-6-12-27(30(37)34-28-15-21-10-7-8-11-22(21)18-31-28)33-29(36)17-24-20(2)32-26-14-13-23(38-3)16-25(24)26/h7-8,10-11,13-16,18,27,32H,4-6,9,12,17H2,1-3H3,(H,33,36)(H,31,34,37). The minimum Gasteiger partial charge on any atom is -0.497 e. The molecule has 0 saturated carbocycles. The minimum absolute atomic E-state index is 0.126.